The minimum Gasteiger partial charge on any atom is -0.424 e. The summed E-state index contributed by atoms with van der Waals surface area (Å²) in [6, 6.07) is 7.89. The first-order chi connectivity index (χ1) is 8.74. The maximum Gasteiger partial charge on any atom is 0.296 e. The highest BCUT2D eigenvalue weighted by atomic mass is 16.4. The molecule has 0 aliphatic carbocycles. The number of carbonyl (C=O) groups is 1. The summed E-state index contributed by atoms with van der Waals surface area (Å²) in [6.45, 7) is 5.55. The van der Waals surface area contributed by atoms with E-state index in [1.54, 1.807) is 4.90 Å². The van der Waals surface area contributed by atoms with Crippen molar-refractivity contribution >= 4 is 23.0 Å². The Hall–Kier alpha value is -2.04. The minimum atomic E-state index is 0.0438. The van der Waals surface area contributed by atoms with Crippen LogP contribution in [-0.2, 0) is 4.79 Å². The zero-order chi connectivity index (χ0) is 13.0. The summed E-state index contributed by atoms with van der Waals surface area (Å²) in [7, 11) is 0. The fourth-order valence-electron chi connectivity index (χ4n) is 1.79. The van der Waals surface area contributed by atoms with E-state index in [0.717, 1.165) is 11.1 Å². The highest BCUT2D eigenvalue weighted by Gasteiger charge is 2.11. The largest absolute Gasteiger partial charge is 0.424 e. The molecule has 96 valence electrons. The topological polar surface area (TPSA) is 58.4 Å². The lowest BCUT2D eigenvalue weighted by Gasteiger charge is -2.18. The van der Waals surface area contributed by atoms with Crippen LogP contribution < -0.4 is 5.32 Å². The molecule has 0 aliphatic heterocycles. The normalized spacial score (nSPS) is 10.6. The molecule has 0 saturated heterocycles. The standard InChI is InChI=1S/C13H17N3O2/c1-3-16(4-2)12(17)9-14-13-15-10-7-5-6-8-11(10)18-13/h5-8H,3-4,9H2,1-2H3,(H,14,15). The zero-order valence-corrected chi connectivity index (χ0v) is 10.6. The molecule has 18 heavy (non-hydrogen) atoms. The Morgan fingerprint density at radius 3 is 2.72 bits per heavy atom. The number of likely N-dealkylation sites (N-methyl/N-ethyl adjacent to an activating group) is 1. The Bertz CT molecular complexity index is 499. The summed E-state index contributed by atoms with van der Waals surface area (Å²) in [6.07, 6.45) is 0. The quantitative estimate of drug-likeness (QED) is 0.879. The SMILES string of the molecule is CCN(CC)C(=O)CNc1nc2ccccc2o1. The second-order valence-electron chi connectivity index (χ2n) is 3.91. The molecule has 2 aromatic rings. The number of fused-ring (bicyclic) bond motifs is 1. The maximum absolute atomic E-state index is 11.8. The lowest BCUT2D eigenvalue weighted by atomic mass is 10.3. The number of nitrogens with zero attached hydrogens (tertiary/aromatic N) is 2. The number of benzene rings is 1. The van der Waals surface area contributed by atoms with Crippen LogP contribution in [0.5, 0.6) is 0 Å². The van der Waals surface area contributed by atoms with E-state index in [0.29, 0.717) is 19.1 Å². The van der Waals surface area contributed by atoms with Gasteiger partial charge in [-0.3, -0.25) is 4.79 Å². The lowest BCUT2D eigenvalue weighted by Crippen LogP contribution is -2.35. The highest BCUT2D eigenvalue weighted by molar-refractivity contribution is 5.81. The number of amides is 1. The zero-order valence-electron chi connectivity index (χ0n) is 10.6. The first kappa shape index (κ1) is 12.4. The van der Waals surface area contributed by atoms with Gasteiger partial charge < -0.3 is 14.6 Å². The first-order valence-corrected chi connectivity index (χ1v) is 6.11. The van der Waals surface area contributed by atoms with Gasteiger partial charge in [0.15, 0.2) is 5.58 Å². The Morgan fingerprint density at radius 1 is 1.33 bits per heavy atom. The van der Waals surface area contributed by atoms with Crippen molar-refractivity contribution in [2.45, 2.75) is 13.8 Å². The van der Waals surface area contributed by atoms with E-state index in [1.807, 2.05) is 38.1 Å². The number of anilines is 1. The van der Waals surface area contributed by atoms with Gasteiger partial charge in [-0.2, -0.15) is 4.98 Å². The van der Waals surface area contributed by atoms with Gasteiger partial charge in [0.05, 0.1) is 6.54 Å². The van der Waals surface area contributed by atoms with Crippen molar-refractivity contribution in [3.05, 3.63) is 24.3 Å². The average molecular weight is 247 g/mol. The van der Waals surface area contributed by atoms with E-state index in [1.165, 1.54) is 0 Å². The Balaban J connectivity index is 1.99. The van der Waals surface area contributed by atoms with E-state index in [9.17, 15) is 4.79 Å². The van der Waals surface area contributed by atoms with Gasteiger partial charge in [0.1, 0.15) is 5.52 Å². The number of rotatable bonds is 5. The van der Waals surface area contributed by atoms with E-state index >= 15 is 0 Å². The number of hydrogen-bond donors (Lipinski definition) is 1. The second kappa shape index (κ2) is 5.53. The lowest BCUT2D eigenvalue weighted by molar-refractivity contribution is -0.128. The summed E-state index contributed by atoms with van der Waals surface area (Å²) in [5.74, 6) is 0.0438. The average Bonchev–Trinajstić information content (AvgIpc) is 2.80. The third-order valence-electron chi connectivity index (χ3n) is 2.80. The molecule has 1 heterocycles. The predicted octanol–water partition coefficient (Wildman–Crippen LogP) is 2.11. The van der Waals surface area contributed by atoms with Gasteiger partial charge in [0, 0.05) is 13.1 Å². The van der Waals surface area contributed by atoms with Crippen molar-refractivity contribution in [1.29, 1.82) is 0 Å². The molecule has 0 saturated carbocycles. The fraction of sp³-hybridized carbons (Fsp3) is 0.385. The van der Waals surface area contributed by atoms with Crippen LogP contribution in [0.1, 0.15) is 13.8 Å². The number of nitrogens with one attached hydrogen (secondary N) is 1. The third kappa shape index (κ3) is 2.61. The minimum absolute atomic E-state index is 0.0438. The van der Waals surface area contributed by atoms with Crippen molar-refractivity contribution in [1.82, 2.24) is 9.88 Å². The molecule has 0 radical (unpaired) electrons. The molecular formula is C13H17N3O2. The molecule has 0 spiro atoms. The number of carbonyl (C=O) groups excluding carboxylic acids is 1. The summed E-state index contributed by atoms with van der Waals surface area (Å²) < 4.78 is 5.47. The van der Waals surface area contributed by atoms with E-state index in [2.05, 4.69) is 10.3 Å². The van der Waals surface area contributed by atoms with Crippen molar-refractivity contribution in [3.63, 3.8) is 0 Å². The van der Waals surface area contributed by atoms with Gasteiger partial charge in [-0.05, 0) is 26.0 Å². The van der Waals surface area contributed by atoms with Gasteiger partial charge >= 0.3 is 0 Å². The molecule has 1 aromatic heterocycles. The monoisotopic (exact) mass is 247 g/mol. The van der Waals surface area contributed by atoms with E-state index in [-0.39, 0.29) is 12.5 Å². The smallest absolute Gasteiger partial charge is 0.296 e. The Labute approximate surface area is 106 Å². The molecule has 5 heteroatoms. The molecule has 5 nitrogen and oxygen atoms in total. The van der Waals surface area contributed by atoms with Crippen LogP contribution in [0.25, 0.3) is 11.1 Å². The molecular weight excluding hydrogens is 230 g/mol. The van der Waals surface area contributed by atoms with E-state index in [4.69, 9.17) is 4.42 Å². The number of aromatic nitrogens is 1. The fourth-order valence-corrected chi connectivity index (χ4v) is 1.79. The molecule has 0 unspecified atom stereocenters. The molecule has 0 aliphatic rings. The summed E-state index contributed by atoms with van der Waals surface area (Å²) >= 11 is 0. The van der Waals surface area contributed by atoms with Crippen LogP contribution in [0.15, 0.2) is 28.7 Å². The Kier molecular flexibility index (Phi) is 3.82. The van der Waals surface area contributed by atoms with Crippen LogP contribution in [-0.4, -0.2) is 35.4 Å². The molecule has 0 atom stereocenters. The van der Waals surface area contributed by atoms with Crippen molar-refractivity contribution in [2.75, 3.05) is 25.0 Å². The van der Waals surface area contributed by atoms with Gasteiger partial charge in [-0.1, -0.05) is 12.1 Å². The van der Waals surface area contributed by atoms with Gasteiger partial charge in [-0.15, -0.1) is 0 Å². The van der Waals surface area contributed by atoms with Crippen molar-refractivity contribution in [2.24, 2.45) is 0 Å². The van der Waals surface area contributed by atoms with Crippen molar-refractivity contribution in [3.8, 4) is 0 Å². The van der Waals surface area contributed by atoms with Gasteiger partial charge in [0.2, 0.25) is 5.91 Å². The molecule has 0 bridgehead atoms. The molecule has 1 aromatic carbocycles. The maximum atomic E-state index is 11.8. The first-order valence-electron chi connectivity index (χ1n) is 6.11. The number of hydrogen-bond acceptors (Lipinski definition) is 4. The molecule has 1 amide bonds. The summed E-state index contributed by atoms with van der Waals surface area (Å²) in [4.78, 5) is 17.8. The van der Waals surface area contributed by atoms with Crippen LogP contribution in [0.4, 0.5) is 6.01 Å². The number of para-hydroxylation sites is 2. The van der Waals surface area contributed by atoms with Crippen LogP contribution >= 0.6 is 0 Å². The van der Waals surface area contributed by atoms with Crippen LogP contribution in [0.2, 0.25) is 0 Å². The molecule has 1 N–H and O–H groups in total. The Morgan fingerprint density at radius 2 is 2.06 bits per heavy atom. The van der Waals surface area contributed by atoms with E-state index < -0.39 is 0 Å². The number of oxazole rings is 1. The van der Waals surface area contributed by atoms with Gasteiger partial charge in [-0.25, -0.2) is 0 Å². The molecule has 0 fully saturated rings. The molecule has 2 rings (SSSR count). The summed E-state index contributed by atoms with van der Waals surface area (Å²) in [5, 5.41) is 2.91. The van der Waals surface area contributed by atoms with Crippen LogP contribution in [0.3, 0.4) is 0 Å². The van der Waals surface area contributed by atoms with Gasteiger partial charge in [0.25, 0.3) is 6.01 Å². The summed E-state index contributed by atoms with van der Waals surface area (Å²) in [5.41, 5.74) is 1.51. The van der Waals surface area contributed by atoms with Crippen molar-refractivity contribution < 1.29 is 9.21 Å². The van der Waals surface area contributed by atoms with Crippen LogP contribution in [0, 0.1) is 0 Å². The third-order valence-corrected chi connectivity index (χ3v) is 2.80. The highest BCUT2D eigenvalue weighted by Crippen LogP contribution is 2.17. The predicted molar refractivity (Wildman–Crippen MR) is 70.4 cm³/mol. The second-order valence-corrected chi connectivity index (χ2v) is 3.91.